The molecule has 1 amide bonds. The summed E-state index contributed by atoms with van der Waals surface area (Å²) in [7, 11) is 0. The minimum Gasteiger partial charge on any atom is -0.348 e. The first-order valence-electron chi connectivity index (χ1n) is 6.66. The Morgan fingerprint density at radius 3 is 2.80 bits per heavy atom. The summed E-state index contributed by atoms with van der Waals surface area (Å²) in [5, 5.41) is 3.96. The summed E-state index contributed by atoms with van der Waals surface area (Å²) in [6.07, 6.45) is 5.48. The SMILES string of the molecule is CC1(C)CC(NC(=O)c2ccc3cncc(Br)c3n2)C1. The average molecular weight is 334 g/mol. The Labute approximate surface area is 126 Å². The Balaban J connectivity index is 1.80. The average Bonchev–Trinajstić information content (AvgIpc) is 2.36. The summed E-state index contributed by atoms with van der Waals surface area (Å²) in [5.74, 6) is -0.101. The molecule has 4 nitrogen and oxygen atoms in total. The van der Waals surface area contributed by atoms with Crippen molar-refractivity contribution in [1.82, 2.24) is 15.3 Å². The van der Waals surface area contributed by atoms with Gasteiger partial charge in [0, 0.05) is 23.8 Å². The van der Waals surface area contributed by atoms with Gasteiger partial charge in [-0.1, -0.05) is 13.8 Å². The van der Waals surface area contributed by atoms with E-state index in [9.17, 15) is 4.79 Å². The van der Waals surface area contributed by atoms with E-state index in [1.165, 1.54) is 0 Å². The fourth-order valence-corrected chi connectivity index (χ4v) is 3.21. The molecule has 0 aliphatic heterocycles. The molecule has 104 valence electrons. The molecule has 1 saturated carbocycles. The molecule has 1 aliphatic carbocycles. The molecule has 3 rings (SSSR count). The third-order valence-corrected chi connectivity index (χ3v) is 4.30. The van der Waals surface area contributed by atoms with Crippen LogP contribution in [-0.4, -0.2) is 21.9 Å². The molecule has 0 radical (unpaired) electrons. The lowest BCUT2D eigenvalue weighted by molar-refractivity contribution is 0.0798. The molecular formula is C15H16BrN3O. The molecule has 0 bridgehead atoms. The standard InChI is InChI=1S/C15H16BrN3O/c1-15(2)5-10(6-15)18-14(20)12-4-3-9-7-17-8-11(16)13(9)19-12/h3-4,7-8,10H,5-6H2,1-2H3,(H,18,20). The van der Waals surface area contributed by atoms with Crippen molar-refractivity contribution in [3.63, 3.8) is 0 Å². The van der Waals surface area contributed by atoms with E-state index in [-0.39, 0.29) is 11.9 Å². The predicted molar refractivity (Wildman–Crippen MR) is 81.5 cm³/mol. The molecule has 1 N–H and O–H groups in total. The minimum atomic E-state index is -0.101. The summed E-state index contributed by atoms with van der Waals surface area (Å²) < 4.78 is 0.800. The normalized spacial score (nSPS) is 17.8. The number of carbonyl (C=O) groups excluding carboxylic acids is 1. The molecular weight excluding hydrogens is 318 g/mol. The van der Waals surface area contributed by atoms with Crippen LogP contribution >= 0.6 is 15.9 Å². The second kappa shape index (κ2) is 4.81. The highest BCUT2D eigenvalue weighted by Gasteiger charge is 2.36. The second-order valence-electron chi connectivity index (χ2n) is 6.13. The van der Waals surface area contributed by atoms with Crippen molar-refractivity contribution in [3.05, 3.63) is 34.7 Å². The highest BCUT2D eigenvalue weighted by atomic mass is 79.9. The molecule has 0 spiro atoms. The molecule has 0 aromatic carbocycles. The van der Waals surface area contributed by atoms with E-state index in [0.29, 0.717) is 11.1 Å². The van der Waals surface area contributed by atoms with Gasteiger partial charge in [0.2, 0.25) is 0 Å². The lowest BCUT2D eigenvalue weighted by Gasteiger charge is -2.42. The molecule has 0 atom stereocenters. The summed E-state index contributed by atoms with van der Waals surface area (Å²) in [4.78, 5) is 20.7. The first-order valence-corrected chi connectivity index (χ1v) is 7.45. The van der Waals surface area contributed by atoms with Crippen molar-refractivity contribution >= 4 is 32.7 Å². The van der Waals surface area contributed by atoms with Crippen LogP contribution in [0.2, 0.25) is 0 Å². The van der Waals surface area contributed by atoms with Gasteiger partial charge < -0.3 is 5.32 Å². The number of amides is 1. The lowest BCUT2D eigenvalue weighted by Crippen LogP contribution is -2.48. The molecule has 0 unspecified atom stereocenters. The summed E-state index contributed by atoms with van der Waals surface area (Å²) >= 11 is 3.41. The number of carbonyl (C=O) groups is 1. The van der Waals surface area contributed by atoms with Crippen molar-refractivity contribution in [3.8, 4) is 0 Å². The lowest BCUT2D eigenvalue weighted by atomic mass is 9.68. The van der Waals surface area contributed by atoms with Crippen LogP contribution in [0, 0.1) is 5.41 Å². The zero-order valence-electron chi connectivity index (χ0n) is 11.5. The van der Waals surface area contributed by atoms with E-state index < -0.39 is 0 Å². The number of hydrogen-bond acceptors (Lipinski definition) is 3. The summed E-state index contributed by atoms with van der Waals surface area (Å²) in [6.45, 7) is 4.43. The zero-order valence-corrected chi connectivity index (χ0v) is 13.1. The summed E-state index contributed by atoms with van der Waals surface area (Å²) in [6, 6.07) is 3.89. The van der Waals surface area contributed by atoms with Crippen LogP contribution in [0.1, 0.15) is 37.2 Å². The van der Waals surface area contributed by atoms with Gasteiger partial charge in [0.05, 0.1) is 9.99 Å². The number of fused-ring (bicyclic) bond motifs is 1. The van der Waals surface area contributed by atoms with Gasteiger partial charge in [-0.15, -0.1) is 0 Å². The van der Waals surface area contributed by atoms with E-state index in [4.69, 9.17) is 0 Å². The van der Waals surface area contributed by atoms with Gasteiger partial charge in [-0.05, 0) is 46.3 Å². The van der Waals surface area contributed by atoms with Gasteiger partial charge in [-0.2, -0.15) is 0 Å². The number of halogens is 1. The van der Waals surface area contributed by atoms with Gasteiger partial charge in [0.25, 0.3) is 5.91 Å². The maximum Gasteiger partial charge on any atom is 0.270 e. The molecule has 2 heterocycles. The fraction of sp³-hybridized carbons (Fsp3) is 0.400. The fourth-order valence-electron chi connectivity index (χ4n) is 2.77. The van der Waals surface area contributed by atoms with E-state index in [2.05, 4.69) is 45.1 Å². The van der Waals surface area contributed by atoms with Crippen LogP contribution in [0.15, 0.2) is 29.0 Å². The van der Waals surface area contributed by atoms with E-state index in [1.54, 1.807) is 18.5 Å². The topological polar surface area (TPSA) is 54.9 Å². The first-order chi connectivity index (χ1) is 9.44. The van der Waals surface area contributed by atoms with E-state index in [1.807, 2.05) is 6.07 Å². The van der Waals surface area contributed by atoms with Gasteiger partial charge in [0.1, 0.15) is 5.69 Å². The zero-order chi connectivity index (χ0) is 14.3. The molecule has 2 aromatic rings. The van der Waals surface area contributed by atoms with Crippen LogP contribution in [0.25, 0.3) is 10.9 Å². The van der Waals surface area contributed by atoms with E-state index in [0.717, 1.165) is 28.2 Å². The van der Waals surface area contributed by atoms with Crippen molar-refractivity contribution < 1.29 is 4.79 Å². The van der Waals surface area contributed by atoms with Crippen LogP contribution in [0.5, 0.6) is 0 Å². The smallest absolute Gasteiger partial charge is 0.270 e. The first kappa shape index (κ1) is 13.5. The quantitative estimate of drug-likeness (QED) is 0.917. The second-order valence-corrected chi connectivity index (χ2v) is 6.99. The Hall–Kier alpha value is -1.49. The molecule has 1 fully saturated rings. The third-order valence-electron chi connectivity index (χ3n) is 3.72. The molecule has 20 heavy (non-hydrogen) atoms. The monoisotopic (exact) mass is 333 g/mol. The summed E-state index contributed by atoms with van der Waals surface area (Å²) in [5.41, 5.74) is 1.57. The molecule has 1 aliphatic rings. The number of nitrogens with one attached hydrogen (secondary N) is 1. The van der Waals surface area contributed by atoms with Crippen molar-refractivity contribution in [2.75, 3.05) is 0 Å². The Bertz CT molecular complexity index is 676. The predicted octanol–water partition coefficient (Wildman–Crippen LogP) is 3.31. The number of pyridine rings is 2. The van der Waals surface area contributed by atoms with Crippen molar-refractivity contribution in [2.45, 2.75) is 32.7 Å². The number of aromatic nitrogens is 2. The highest BCUT2D eigenvalue weighted by molar-refractivity contribution is 9.10. The van der Waals surface area contributed by atoms with Crippen LogP contribution in [0.3, 0.4) is 0 Å². The largest absolute Gasteiger partial charge is 0.348 e. The number of rotatable bonds is 2. The number of hydrogen-bond donors (Lipinski definition) is 1. The van der Waals surface area contributed by atoms with Crippen molar-refractivity contribution in [1.29, 1.82) is 0 Å². The Kier molecular flexibility index (Phi) is 3.24. The molecule has 5 heteroatoms. The van der Waals surface area contributed by atoms with Crippen molar-refractivity contribution in [2.24, 2.45) is 5.41 Å². The third kappa shape index (κ3) is 2.54. The maximum absolute atomic E-state index is 12.2. The number of nitrogens with zero attached hydrogens (tertiary/aromatic N) is 2. The van der Waals surface area contributed by atoms with E-state index >= 15 is 0 Å². The van der Waals surface area contributed by atoms with Gasteiger partial charge in [0.15, 0.2) is 0 Å². The van der Waals surface area contributed by atoms with Gasteiger partial charge >= 0.3 is 0 Å². The van der Waals surface area contributed by atoms with Gasteiger partial charge in [-0.25, -0.2) is 4.98 Å². The minimum absolute atomic E-state index is 0.101. The molecule has 0 saturated heterocycles. The van der Waals surface area contributed by atoms with Crippen LogP contribution in [0.4, 0.5) is 0 Å². The highest BCUT2D eigenvalue weighted by Crippen LogP contribution is 2.39. The Morgan fingerprint density at radius 1 is 1.35 bits per heavy atom. The molecule has 2 aromatic heterocycles. The van der Waals surface area contributed by atoms with Crippen LogP contribution in [-0.2, 0) is 0 Å². The van der Waals surface area contributed by atoms with Gasteiger partial charge in [-0.3, -0.25) is 9.78 Å². The van der Waals surface area contributed by atoms with Crippen LogP contribution < -0.4 is 5.32 Å². The maximum atomic E-state index is 12.2. The Morgan fingerprint density at radius 2 is 2.10 bits per heavy atom.